The summed E-state index contributed by atoms with van der Waals surface area (Å²) in [6.07, 6.45) is 1.88. The molecule has 0 bridgehead atoms. The average molecular weight is 210 g/mol. The van der Waals surface area contributed by atoms with Crippen LogP contribution in [-0.2, 0) is 6.54 Å². The highest BCUT2D eigenvalue weighted by atomic mass is 15.3. The smallest absolute Gasteiger partial charge is 0.0527 e. The Morgan fingerprint density at radius 3 is 2.87 bits per heavy atom. The Balaban J connectivity index is 2.52. The Labute approximate surface area is 92.3 Å². The molecule has 15 heavy (non-hydrogen) atoms. The molecule has 0 amide bonds. The molecule has 1 heterocycles. The van der Waals surface area contributed by atoms with Crippen molar-refractivity contribution in [1.29, 1.82) is 0 Å². The molecule has 0 saturated heterocycles. The summed E-state index contributed by atoms with van der Waals surface area (Å²) in [5, 5.41) is 7.47. The molecule has 0 radical (unpaired) electrons. The minimum atomic E-state index is 0.438. The van der Waals surface area contributed by atoms with Crippen molar-refractivity contribution in [2.75, 3.05) is 27.2 Å². The molecule has 0 atom stereocenters. The van der Waals surface area contributed by atoms with Crippen LogP contribution < -0.4 is 5.32 Å². The van der Waals surface area contributed by atoms with Gasteiger partial charge in [-0.2, -0.15) is 5.10 Å². The lowest BCUT2D eigenvalue weighted by Gasteiger charge is -2.18. The van der Waals surface area contributed by atoms with Gasteiger partial charge in [-0.3, -0.25) is 9.58 Å². The highest BCUT2D eigenvalue weighted by Gasteiger charge is 2.07. The molecule has 1 aromatic rings. The van der Waals surface area contributed by atoms with Crippen molar-refractivity contribution in [2.24, 2.45) is 0 Å². The van der Waals surface area contributed by atoms with Gasteiger partial charge in [-0.05, 0) is 34.0 Å². The normalized spacial score (nSPS) is 11.6. The largest absolute Gasteiger partial charge is 0.318 e. The summed E-state index contributed by atoms with van der Waals surface area (Å²) in [6.45, 7) is 7.35. The standard InChI is InChI=1S/C11H22N4/c1-10(2)15-11(5-6-13-15)9-14(4)8-7-12-3/h5-6,10,12H,7-9H2,1-4H3. The molecule has 0 spiro atoms. The average Bonchev–Trinajstić information content (AvgIpc) is 2.62. The SMILES string of the molecule is CNCCN(C)Cc1ccnn1C(C)C. The molecule has 0 aliphatic heterocycles. The van der Waals surface area contributed by atoms with Gasteiger partial charge in [-0.1, -0.05) is 0 Å². The zero-order valence-electron chi connectivity index (χ0n) is 10.2. The summed E-state index contributed by atoms with van der Waals surface area (Å²) >= 11 is 0. The van der Waals surface area contributed by atoms with Crippen LogP contribution in [0.5, 0.6) is 0 Å². The molecule has 1 rings (SSSR count). The van der Waals surface area contributed by atoms with Crippen LogP contribution in [0.2, 0.25) is 0 Å². The van der Waals surface area contributed by atoms with Crippen molar-refractivity contribution >= 4 is 0 Å². The van der Waals surface area contributed by atoms with Crippen LogP contribution in [0.1, 0.15) is 25.6 Å². The summed E-state index contributed by atoms with van der Waals surface area (Å²) in [5.74, 6) is 0. The van der Waals surface area contributed by atoms with Gasteiger partial charge in [0.15, 0.2) is 0 Å². The maximum absolute atomic E-state index is 4.32. The Bertz CT molecular complexity index is 280. The molecule has 86 valence electrons. The van der Waals surface area contributed by atoms with E-state index >= 15 is 0 Å². The third kappa shape index (κ3) is 3.64. The van der Waals surface area contributed by atoms with Crippen LogP contribution in [0, 0.1) is 0 Å². The zero-order valence-corrected chi connectivity index (χ0v) is 10.2. The lowest BCUT2D eigenvalue weighted by Crippen LogP contribution is -2.28. The summed E-state index contributed by atoms with van der Waals surface area (Å²) < 4.78 is 2.08. The molecule has 0 fully saturated rings. The Hall–Kier alpha value is -0.870. The number of nitrogens with zero attached hydrogens (tertiary/aromatic N) is 3. The van der Waals surface area contributed by atoms with Crippen molar-refractivity contribution in [3.05, 3.63) is 18.0 Å². The summed E-state index contributed by atoms with van der Waals surface area (Å²) in [4.78, 5) is 2.30. The van der Waals surface area contributed by atoms with Gasteiger partial charge in [-0.15, -0.1) is 0 Å². The summed E-state index contributed by atoms with van der Waals surface area (Å²) in [5.41, 5.74) is 1.28. The first-order chi connectivity index (χ1) is 7.15. The lowest BCUT2D eigenvalue weighted by atomic mass is 10.3. The molecular weight excluding hydrogens is 188 g/mol. The maximum atomic E-state index is 4.32. The highest BCUT2D eigenvalue weighted by Crippen LogP contribution is 2.09. The van der Waals surface area contributed by atoms with E-state index in [0.29, 0.717) is 6.04 Å². The van der Waals surface area contributed by atoms with E-state index in [4.69, 9.17) is 0 Å². The van der Waals surface area contributed by atoms with E-state index in [-0.39, 0.29) is 0 Å². The van der Waals surface area contributed by atoms with Crippen molar-refractivity contribution in [2.45, 2.75) is 26.4 Å². The summed E-state index contributed by atoms with van der Waals surface area (Å²) in [6, 6.07) is 2.53. The van der Waals surface area contributed by atoms with Crippen LogP contribution in [0.3, 0.4) is 0 Å². The topological polar surface area (TPSA) is 33.1 Å². The first-order valence-corrected chi connectivity index (χ1v) is 5.50. The fourth-order valence-electron chi connectivity index (χ4n) is 1.59. The van der Waals surface area contributed by atoms with Gasteiger partial charge in [0, 0.05) is 31.9 Å². The van der Waals surface area contributed by atoms with Crippen LogP contribution in [-0.4, -0.2) is 41.9 Å². The van der Waals surface area contributed by atoms with E-state index in [1.54, 1.807) is 0 Å². The van der Waals surface area contributed by atoms with Gasteiger partial charge in [-0.25, -0.2) is 0 Å². The number of hydrogen-bond acceptors (Lipinski definition) is 3. The zero-order chi connectivity index (χ0) is 11.3. The van der Waals surface area contributed by atoms with Crippen molar-refractivity contribution in [3.63, 3.8) is 0 Å². The molecule has 0 aliphatic rings. The fourth-order valence-corrected chi connectivity index (χ4v) is 1.59. The van der Waals surface area contributed by atoms with E-state index in [1.165, 1.54) is 5.69 Å². The third-order valence-electron chi connectivity index (χ3n) is 2.42. The molecule has 4 nitrogen and oxygen atoms in total. The first-order valence-electron chi connectivity index (χ1n) is 5.50. The van der Waals surface area contributed by atoms with E-state index in [1.807, 2.05) is 13.2 Å². The first kappa shape index (κ1) is 12.2. The fraction of sp³-hybridized carbons (Fsp3) is 0.727. The van der Waals surface area contributed by atoms with Gasteiger partial charge in [0.1, 0.15) is 0 Å². The second kappa shape index (κ2) is 5.88. The predicted molar refractivity (Wildman–Crippen MR) is 62.9 cm³/mol. The quantitative estimate of drug-likeness (QED) is 0.763. The van der Waals surface area contributed by atoms with Gasteiger partial charge in [0.05, 0.1) is 5.69 Å². The molecule has 0 aliphatic carbocycles. The molecule has 4 heteroatoms. The number of aromatic nitrogens is 2. The van der Waals surface area contributed by atoms with Gasteiger partial charge in [0.25, 0.3) is 0 Å². The minimum Gasteiger partial charge on any atom is -0.318 e. The van der Waals surface area contributed by atoms with Gasteiger partial charge >= 0.3 is 0 Å². The van der Waals surface area contributed by atoms with Crippen LogP contribution in [0.25, 0.3) is 0 Å². The number of hydrogen-bond donors (Lipinski definition) is 1. The monoisotopic (exact) mass is 210 g/mol. The Morgan fingerprint density at radius 1 is 1.53 bits per heavy atom. The molecule has 0 unspecified atom stereocenters. The lowest BCUT2D eigenvalue weighted by molar-refractivity contribution is 0.312. The number of likely N-dealkylation sites (N-methyl/N-ethyl adjacent to an activating group) is 2. The molecule has 1 aromatic heterocycles. The van der Waals surface area contributed by atoms with E-state index in [2.05, 4.69) is 47.0 Å². The van der Waals surface area contributed by atoms with Crippen LogP contribution in [0.4, 0.5) is 0 Å². The molecule has 1 N–H and O–H groups in total. The van der Waals surface area contributed by atoms with Crippen LogP contribution in [0.15, 0.2) is 12.3 Å². The van der Waals surface area contributed by atoms with E-state index in [9.17, 15) is 0 Å². The van der Waals surface area contributed by atoms with Crippen LogP contribution >= 0.6 is 0 Å². The predicted octanol–water partition coefficient (Wildman–Crippen LogP) is 1.12. The molecule has 0 aromatic carbocycles. The Kier molecular flexibility index (Phi) is 4.78. The van der Waals surface area contributed by atoms with Crippen molar-refractivity contribution in [1.82, 2.24) is 20.0 Å². The van der Waals surface area contributed by atoms with E-state index in [0.717, 1.165) is 19.6 Å². The number of rotatable bonds is 6. The summed E-state index contributed by atoms with van der Waals surface area (Å²) in [7, 11) is 4.11. The van der Waals surface area contributed by atoms with Crippen molar-refractivity contribution in [3.8, 4) is 0 Å². The molecular formula is C11H22N4. The van der Waals surface area contributed by atoms with Gasteiger partial charge < -0.3 is 5.32 Å². The Morgan fingerprint density at radius 2 is 2.27 bits per heavy atom. The highest BCUT2D eigenvalue weighted by molar-refractivity contribution is 5.01. The second-order valence-corrected chi connectivity index (χ2v) is 4.20. The molecule has 0 saturated carbocycles. The number of nitrogens with one attached hydrogen (secondary N) is 1. The second-order valence-electron chi connectivity index (χ2n) is 4.20. The van der Waals surface area contributed by atoms with E-state index < -0.39 is 0 Å². The maximum Gasteiger partial charge on any atom is 0.0527 e. The van der Waals surface area contributed by atoms with Gasteiger partial charge in [0.2, 0.25) is 0 Å². The third-order valence-corrected chi connectivity index (χ3v) is 2.42. The van der Waals surface area contributed by atoms with Crippen molar-refractivity contribution < 1.29 is 0 Å². The minimum absolute atomic E-state index is 0.438.